The fourth-order valence-electron chi connectivity index (χ4n) is 4.57. The second-order valence-corrected chi connectivity index (χ2v) is 7.32. The van der Waals surface area contributed by atoms with E-state index in [1.165, 1.54) is 6.42 Å². The van der Waals surface area contributed by atoms with Gasteiger partial charge in [-0.1, -0.05) is 24.6 Å². The molecule has 6 heteroatoms. The molecule has 6 nitrogen and oxygen atoms in total. The summed E-state index contributed by atoms with van der Waals surface area (Å²) in [6.07, 6.45) is 4.54. The van der Waals surface area contributed by atoms with Gasteiger partial charge in [0.25, 0.3) is 0 Å². The van der Waals surface area contributed by atoms with E-state index in [0.717, 1.165) is 31.5 Å². The predicted molar refractivity (Wildman–Crippen MR) is 92.8 cm³/mol. The number of esters is 1. The molecule has 0 saturated carbocycles. The van der Waals surface area contributed by atoms with Crippen LogP contribution in [0.25, 0.3) is 0 Å². The highest BCUT2D eigenvalue weighted by Crippen LogP contribution is 2.38. The number of fused-ring (bicyclic) bond motifs is 1. The molecule has 0 bridgehead atoms. The quantitative estimate of drug-likeness (QED) is 0.845. The summed E-state index contributed by atoms with van der Waals surface area (Å²) in [6, 6.07) is 7.54. The van der Waals surface area contributed by atoms with Gasteiger partial charge in [0.2, 0.25) is 5.91 Å². The summed E-state index contributed by atoms with van der Waals surface area (Å²) in [6.45, 7) is 3.30. The Morgan fingerprint density at radius 2 is 1.76 bits per heavy atom. The van der Waals surface area contributed by atoms with E-state index in [9.17, 15) is 9.59 Å². The Labute approximate surface area is 147 Å². The van der Waals surface area contributed by atoms with Crippen molar-refractivity contribution < 1.29 is 14.3 Å². The highest BCUT2D eigenvalue weighted by Gasteiger charge is 2.47. The number of benzene rings is 1. The van der Waals surface area contributed by atoms with Gasteiger partial charge in [0.15, 0.2) is 6.23 Å². The average Bonchev–Trinajstić information content (AvgIpc) is 2.99. The number of likely N-dealkylation sites (tertiary alicyclic amines) is 2. The number of hydrogen-bond donors (Lipinski definition) is 1. The molecule has 2 saturated heterocycles. The average molecular weight is 343 g/mol. The van der Waals surface area contributed by atoms with Crippen molar-refractivity contribution in [2.45, 2.75) is 43.9 Å². The van der Waals surface area contributed by atoms with Crippen LogP contribution in [-0.2, 0) is 9.53 Å². The van der Waals surface area contributed by atoms with Crippen LogP contribution < -0.4 is 5.73 Å². The standard InChI is InChI=1S/C19H25N3O3/c20-18(24)19(22-10-4-1-5-11-22)8-12-21(13-9-19)16-14-6-2-3-7-15(14)17(23)25-16/h2-3,6-7,16H,1,4-5,8-13H2,(H2,20,24)/t16-/m1/s1. The third-order valence-electron chi connectivity index (χ3n) is 6.04. The predicted octanol–water partition coefficient (Wildman–Crippen LogP) is 1.66. The number of amides is 1. The van der Waals surface area contributed by atoms with E-state index in [1.807, 2.05) is 24.3 Å². The smallest absolute Gasteiger partial charge is 0.340 e. The minimum atomic E-state index is -0.543. The van der Waals surface area contributed by atoms with Gasteiger partial charge >= 0.3 is 5.97 Å². The SMILES string of the molecule is NC(=O)C1(N2CCCCC2)CCN([C@@H]2OC(=O)c3ccccc32)CC1. The molecular weight excluding hydrogens is 318 g/mol. The fraction of sp³-hybridized carbons (Fsp3) is 0.579. The molecule has 0 spiro atoms. The maximum atomic E-state index is 12.3. The van der Waals surface area contributed by atoms with Crippen molar-refractivity contribution in [3.8, 4) is 0 Å². The second kappa shape index (κ2) is 6.42. The molecule has 0 aliphatic carbocycles. The van der Waals surface area contributed by atoms with Crippen LogP contribution in [0, 0.1) is 0 Å². The Balaban J connectivity index is 1.51. The lowest BCUT2D eigenvalue weighted by atomic mass is 9.83. The molecule has 0 radical (unpaired) electrons. The van der Waals surface area contributed by atoms with Crippen LogP contribution >= 0.6 is 0 Å². The van der Waals surface area contributed by atoms with Gasteiger partial charge in [-0.3, -0.25) is 14.6 Å². The molecule has 0 unspecified atom stereocenters. The largest absolute Gasteiger partial charge is 0.438 e. The van der Waals surface area contributed by atoms with Crippen LogP contribution in [0.4, 0.5) is 0 Å². The minimum absolute atomic E-state index is 0.210. The summed E-state index contributed by atoms with van der Waals surface area (Å²) >= 11 is 0. The maximum Gasteiger partial charge on any atom is 0.340 e. The van der Waals surface area contributed by atoms with E-state index in [4.69, 9.17) is 10.5 Å². The van der Waals surface area contributed by atoms with E-state index in [0.29, 0.717) is 31.5 Å². The first kappa shape index (κ1) is 16.5. The fourth-order valence-corrected chi connectivity index (χ4v) is 4.57. The monoisotopic (exact) mass is 343 g/mol. The zero-order chi connectivity index (χ0) is 17.4. The Bertz CT molecular complexity index is 676. The zero-order valence-corrected chi connectivity index (χ0v) is 14.4. The number of carbonyl (C=O) groups is 2. The summed E-state index contributed by atoms with van der Waals surface area (Å²) in [4.78, 5) is 28.9. The van der Waals surface area contributed by atoms with Crippen molar-refractivity contribution in [3.63, 3.8) is 0 Å². The van der Waals surface area contributed by atoms with E-state index >= 15 is 0 Å². The van der Waals surface area contributed by atoms with Crippen molar-refractivity contribution in [2.24, 2.45) is 5.73 Å². The van der Waals surface area contributed by atoms with Crippen LogP contribution in [-0.4, -0.2) is 53.4 Å². The molecule has 25 heavy (non-hydrogen) atoms. The molecule has 134 valence electrons. The highest BCUT2D eigenvalue weighted by molar-refractivity contribution is 5.93. The number of rotatable bonds is 3. The van der Waals surface area contributed by atoms with Crippen molar-refractivity contribution in [1.29, 1.82) is 0 Å². The minimum Gasteiger partial charge on any atom is -0.438 e. The van der Waals surface area contributed by atoms with Crippen LogP contribution in [0.3, 0.4) is 0 Å². The van der Waals surface area contributed by atoms with Crippen LogP contribution in [0.15, 0.2) is 24.3 Å². The summed E-state index contributed by atoms with van der Waals surface area (Å²) < 4.78 is 5.60. The van der Waals surface area contributed by atoms with E-state index in [1.54, 1.807) is 0 Å². The molecule has 4 rings (SSSR count). The lowest BCUT2D eigenvalue weighted by Gasteiger charge is -2.48. The first-order chi connectivity index (χ1) is 12.1. The number of primary amides is 1. The van der Waals surface area contributed by atoms with E-state index in [2.05, 4.69) is 9.80 Å². The third kappa shape index (κ3) is 2.73. The van der Waals surface area contributed by atoms with Gasteiger partial charge in [-0.25, -0.2) is 4.79 Å². The molecule has 2 N–H and O–H groups in total. The van der Waals surface area contributed by atoms with Gasteiger partial charge in [-0.2, -0.15) is 0 Å². The van der Waals surface area contributed by atoms with Crippen LogP contribution in [0.2, 0.25) is 0 Å². The number of carbonyl (C=O) groups excluding carboxylic acids is 2. The van der Waals surface area contributed by atoms with Gasteiger partial charge in [0.1, 0.15) is 5.54 Å². The summed E-state index contributed by atoms with van der Waals surface area (Å²) in [5.41, 5.74) is 6.88. The van der Waals surface area contributed by atoms with Gasteiger partial charge < -0.3 is 10.5 Å². The number of hydrogen-bond acceptors (Lipinski definition) is 5. The van der Waals surface area contributed by atoms with E-state index < -0.39 is 5.54 Å². The number of ether oxygens (including phenoxy) is 1. The molecule has 3 aliphatic heterocycles. The normalized spacial score (nSPS) is 26.9. The Morgan fingerprint density at radius 1 is 1.08 bits per heavy atom. The van der Waals surface area contributed by atoms with E-state index in [-0.39, 0.29) is 18.1 Å². The molecular formula is C19H25N3O3. The van der Waals surface area contributed by atoms with Crippen molar-refractivity contribution in [2.75, 3.05) is 26.2 Å². The third-order valence-corrected chi connectivity index (χ3v) is 6.04. The van der Waals surface area contributed by atoms with Gasteiger partial charge in [-0.15, -0.1) is 0 Å². The van der Waals surface area contributed by atoms with Gasteiger partial charge in [-0.05, 0) is 44.8 Å². The van der Waals surface area contributed by atoms with Crippen LogP contribution in [0.1, 0.15) is 54.3 Å². The van der Waals surface area contributed by atoms with Gasteiger partial charge in [0.05, 0.1) is 5.56 Å². The molecule has 1 aromatic rings. The molecule has 0 aromatic heterocycles. The first-order valence-corrected chi connectivity index (χ1v) is 9.21. The number of nitrogens with zero attached hydrogens (tertiary/aromatic N) is 2. The topological polar surface area (TPSA) is 75.9 Å². The molecule has 3 aliphatic rings. The Kier molecular flexibility index (Phi) is 4.25. The lowest BCUT2D eigenvalue weighted by Crippen LogP contribution is -2.63. The first-order valence-electron chi connectivity index (χ1n) is 9.21. The summed E-state index contributed by atoms with van der Waals surface area (Å²) in [5, 5.41) is 0. The molecule has 2 fully saturated rings. The number of piperidine rings is 2. The maximum absolute atomic E-state index is 12.3. The highest BCUT2D eigenvalue weighted by atomic mass is 16.6. The number of nitrogens with two attached hydrogens (primary N) is 1. The molecule has 1 aromatic carbocycles. The van der Waals surface area contributed by atoms with Crippen molar-refractivity contribution in [3.05, 3.63) is 35.4 Å². The second-order valence-electron chi connectivity index (χ2n) is 7.32. The Morgan fingerprint density at radius 3 is 2.44 bits per heavy atom. The Hall–Kier alpha value is -1.92. The lowest BCUT2D eigenvalue weighted by molar-refractivity contribution is -0.137. The summed E-state index contributed by atoms with van der Waals surface area (Å²) in [7, 11) is 0. The molecule has 3 heterocycles. The van der Waals surface area contributed by atoms with Gasteiger partial charge in [0, 0.05) is 18.7 Å². The summed E-state index contributed by atoms with van der Waals surface area (Å²) in [5.74, 6) is -0.471. The zero-order valence-electron chi connectivity index (χ0n) is 14.4. The van der Waals surface area contributed by atoms with Crippen LogP contribution in [0.5, 0.6) is 0 Å². The molecule has 1 atom stereocenters. The van der Waals surface area contributed by atoms with Crippen molar-refractivity contribution in [1.82, 2.24) is 9.80 Å². The molecule has 1 amide bonds. The van der Waals surface area contributed by atoms with Crippen molar-refractivity contribution >= 4 is 11.9 Å². The number of cyclic esters (lactones) is 1.